The Morgan fingerprint density at radius 1 is 1.00 bits per heavy atom. The van der Waals surface area contributed by atoms with E-state index in [9.17, 15) is 0 Å². The van der Waals surface area contributed by atoms with Crippen LogP contribution in [0.5, 0.6) is 0 Å². The molecule has 128 valence electrons. The third-order valence-corrected chi connectivity index (χ3v) is 4.41. The zero-order valence-corrected chi connectivity index (χ0v) is 15.8. The van der Waals surface area contributed by atoms with Crippen LogP contribution in [0.1, 0.15) is 34.7 Å². The molecule has 0 atom stereocenters. The van der Waals surface area contributed by atoms with Crippen molar-refractivity contribution >= 4 is 17.7 Å². The van der Waals surface area contributed by atoms with Gasteiger partial charge in [0.1, 0.15) is 0 Å². The van der Waals surface area contributed by atoms with Crippen molar-refractivity contribution in [1.29, 1.82) is 0 Å². The smallest absolute Gasteiger partial charge is 0.0909 e. The summed E-state index contributed by atoms with van der Waals surface area (Å²) in [4.78, 5) is 6.67. The van der Waals surface area contributed by atoms with Crippen LogP contribution in [0.25, 0.3) is 0 Å². The lowest BCUT2D eigenvalue weighted by molar-refractivity contribution is 0.552. The summed E-state index contributed by atoms with van der Waals surface area (Å²) in [7, 11) is 2.03. The zero-order valence-electron chi connectivity index (χ0n) is 15.8. The molecule has 3 nitrogen and oxygen atoms in total. The van der Waals surface area contributed by atoms with E-state index in [1.807, 2.05) is 13.4 Å². The third-order valence-electron chi connectivity index (χ3n) is 4.41. The molecule has 0 heterocycles. The molecule has 0 unspecified atom stereocenters. The summed E-state index contributed by atoms with van der Waals surface area (Å²) in [6.45, 7) is 12.5. The van der Waals surface area contributed by atoms with E-state index in [1.165, 1.54) is 33.5 Å². The summed E-state index contributed by atoms with van der Waals surface area (Å²) < 4.78 is 0. The highest BCUT2D eigenvalue weighted by molar-refractivity contribution is 5.67. The van der Waals surface area contributed by atoms with Gasteiger partial charge in [0.15, 0.2) is 0 Å². The second-order valence-corrected chi connectivity index (χ2v) is 6.55. The molecule has 0 bridgehead atoms. The van der Waals surface area contributed by atoms with Crippen molar-refractivity contribution in [2.24, 2.45) is 4.99 Å². The second-order valence-electron chi connectivity index (χ2n) is 6.55. The fourth-order valence-corrected chi connectivity index (χ4v) is 2.55. The molecule has 0 aliphatic heterocycles. The highest BCUT2D eigenvalue weighted by Gasteiger charge is 2.05. The van der Waals surface area contributed by atoms with Crippen LogP contribution < -0.4 is 5.32 Å². The van der Waals surface area contributed by atoms with Crippen molar-refractivity contribution < 1.29 is 0 Å². The lowest BCUT2D eigenvalue weighted by atomic mass is 10.0. The molecule has 0 aliphatic carbocycles. The van der Waals surface area contributed by atoms with Gasteiger partial charge in [-0.1, -0.05) is 23.8 Å². The Morgan fingerprint density at radius 3 is 2.46 bits per heavy atom. The molecule has 24 heavy (non-hydrogen) atoms. The van der Waals surface area contributed by atoms with Crippen LogP contribution in [0, 0.1) is 27.7 Å². The van der Waals surface area contributed by atoms with Gasteiger partial charge in [-0.25, -0.2) is 4.99 Å². The lowest BCUT2D eigenvalue weighted by Crippen LogP contribution is -2.14. The van der Waals surface area contributed by atoms with Crippen LogP contribution in [0.3, 0.4) is 0 Å². The molecule has 0 saturated carbocycles. The van der Waals surface area contributed by atoms with E-state index in [0.717, 1.165) is 18.8 Å². The van der Waals surface area contributed by atoms with E-state index >= 15 is 0 Å². The summed E-state index contributed by atoms with van der Waals surface area (Å²) in [5.41, 5.74) is 8.59. The van der Waals surface area contributed by atoms with Gasteiger partial charge in [0.25, 0.3) is 0 Å². The predicted octanol–water partition coefficient (Wildman–Crippen LogP) is 5.14. The van der Waals surface area contributed by atoms with Crippen LogP contribution in [0.4, 0.5) is 11.4 Å². The molecule has 0 spiro atoms. The Hall–Kier alpha value is -2.29. The van der Waals surface area contributed by atoms with E-state index in [4.69, 9.17) is 0 Å². The predicted molar refractivity (Wildman–Crippen MR) is 106 cm³/mol. The molecule has 0 radical (unpaired) electrons. The first-order valence-corrected chi connectivity index (χ1v) is 8.56. The Morgan fingerprint density at radius 2 is 1.75 bits per heavy atom. The summed E-state index contributed by atoms with van der Waals surface area (Å²) in [5, 5.41) is 3.58. The SMILES string of the molecule is CCN(C)C=Nc1cc(C)c(NCc2cc(C)ccc2C)cc1C. The average molecular weight is 323 g/mol. The molecular weight excluding hydrogens is 294 g/mol. The fraction of sp³-hybridized carbons (Fsp3) is 0.381. The first-order chi connectivity index (χ1) is 11.4. The van der Waals surface area contributed by atoms with E-state index in [2.05, 4.69) is 80.2 Å². The van der Waals surface area contributed by atoms with Gasteiger partial charge in [-0.2, -0.15) is 0 Å². The molecule has 3 heteroatoms. The summed E-state index contributed by atoms with van der Waals surface area (Å²) in [6, 6.07) is 10.9. The number of nitrogens with one attached hydrogen (secondary N) is 1. The topological polar surface area (TPSA) is 27.6 Å². The summed E-state index contributed by atoms with van der Waals surface area (Å²) >= 11 is 0. The highest BCUT2D eigenvalue weighted by Crippen LogP contribution is 2.27. The molecule has 2 rings (SSSR count). The van der Waals surface area contributed by atoms with Gasteiger partial charge in [-0.3, -0.25) is 0 Å². The molecule has 2 aromatic carbocycles. The Labute approximate surface area is 146 Å². The fourth-order valence-electron chi connectivity index (χ4n) is 2.55. The van der Waals surface area contributed by atoms with Crippen molar-refractivity contribution in [2.45, 2.75) is 41.2 Å². The van der Waals surface area contributed by atoms with Crippen molar-refractivity contribution in [3.63, 3.8) is 0 Å². The molecule has 0 saturated heterocycles. The van der Waals surface area contributed by atoms with Gasteiger partial charge < -0.3 is 10.2 Å². The third kappa shape index (κ3) is 4.60. The Balaban J connectivity index is 2.15. The molecule has 1 N–H and O–H groups in total. The number of hydrogen-bond donors (Lipinski definition) is 1. The average Bonchev–Trinajstić information content (AvgIpc) is 2.56. The monoisotopic (exact) mass is 323 g/mol. The number of hydrogen-bond acceptors (Lipinski definition) is 2. The van der Waals surface area contributed by atoms with Crippen molar-refractivity contribution in [3.8, 4) is 0 Å². The van der Waals surface area contributed by atoms with Crippen molar-refractivity contribution in [1.82, 2.24) is 4.90 Å². The van der Waals surface area contributed by atoms with E-state index in [0.29, 0.717) is 0 Å². The van der Waals surface area contributed by atoms with Crippen LogP contribution in [0.2, 0.25) is 0 Å². The number of rotatable bonds is 6. The Bertz CT molecular complexity index is 732. The van der Waals surface area contributed by atoms with Gasteiger partial charge >= 0.3 is 0 Å². The van der Waals surface area contributed by atoms with Crippen LogP contribution in [-0.4, -0.2) is 24.8 Å². The number of nitrogens with zero attached hydrogens (tertiary/aromatic N) is 2. The lowest BCUT2D eigenvalue weighted by Gasteiger charge is -2.14. The number of aryl methyl sites for hydroxylation is 4. The number of aliphatic imine (C=N–C) groups is 1. The quantitative estimate of drug-likeness (QED) is 0.588. The maximum Gasteiger partial charge on any atom is 0.0909 e. The molecule has 0 fully saturated rings. The van der Waals surface area contributed by atoms with Gasteiger partial charge in [0, 0.05) is 25.8 Å². The standard InChI is InChI=1S/C21H29N3/c1-7-24(6)14-23-21-12-17(4)20(11-18(21)5)22-13-19-10-15(2)8-9-16(19)3/h8-12,14,22H,7,13H2,1-6H3. The number of anilines is 1. The Kier molecular flexibility index (Phi) is 6.02. The van der Waals surface area contributed by atoms with Gasteiger partial charge in [0.05, 0.1) is 12.0 Å². The maximum absolute atomic E-state index is 4.60. The molecule has 0 aliphatic rings. The second kappa shape index (κ2) is 8.00. The maximum atomic E-state index is 4.60. The minimum Gasteiger partial charge on any atom is -0.381 e. The molecule has 0 amide bonds. The van der Waals surface area contributed by atoms with E-state index in [-0.39, 0.29) is 0 Å². The van der Waals surface area contributed by atoms with Crippen molar-refractivity contribution in [3.05, 3.63) is 58.1 Å². The summed E-state index contributed by atoms with van der Waals surface area (Å²) in [5.74, 6) is 0. The minimum absolute atomic E-state index is 0.842. The van der Waals surface area contributed by atoms with Crippen LogP contribution in [-0.2, 0) is 6.54 Å². The van der Waals surface area contributed by atoms with E-state index < -0.39 is 0 Å². The van der Waals surface area contributed by atoms with Gasteiger partial charge in [-0.15, -0.1) is 0 Å². The first kappa shape index (κ1) is 18.1. The normalized spacial score (nSPS) is 11.1. The minimum atomic E-state index is 0.842. The largest absolute Gasteiger partial charge is 0.381 e. The van der Waals surface area contributed by atoms with Gasteiger partial charge in [-0.05, 0) is 69.0 Å². The molecular formula is C21H29N3. The molecule has 0 aromatic heterocycles. The van der Waals surface area contributed by atoms with Crippen LogP contribution >= 0.6 is 0 Å². The highest BCUT2D eigenvalue weighted by atomic mass is 15.1. The van der Waals surface area contributed by atoms with Gasteiger partial charge in [0.2, 0.25) is 0 Å². The first-order valence-electron chi connectivity index (χ1n) is 8.56. The summed E-state index contributed by atoms with van der Waals surface area (Å²) in [6.07, 6.45) is 1.89. The van der Waals surface area contributed by atoms with Crippen molar-refractivity contribution in [2.75, 3.05) is 18.9 Å². The van der Waals surface area contributed by atoms with E-state index in [1.54, 1.807) is 0 Å². The van der Waals surface area contributed by atoms with Crippen LogP contribution in [0.15, 0.2) is 35.3 Å². The zero-order chi connectivity index (χ0) is 17.7. The number of benzene rings is 2. The molecule has 2 aromatic rings.